The number of hydrogen-bond acceptors (Lipinski definition) is 6. The number of carbonyl (C=O) groups excluding carboxylic acids is 1. The van der Waals surface area contributed by atoms with Crippen molar-refractivity contribution < 1.29 is 14.6 Å². The second kappa shape index (κ2) is 10.8. The van der Waals surface area contributed by atoms with E-state index < -0.39 is 5.41 Å². The molecule has 4 fully saturated rings. The SMILES string of the molecule is CC1(C)CC[C@]2(C(=O)OCc3cn(-c4ccccc4C#N)nn3)CC[C@]3(C)C(=CC[C@@H]4[C@@]5(C)CC[C@H](O)C(C)(C)[C@@H]5CC[C@]43C)[C@@H]2C1. The number of rotatable bonds is 4. The maximum absolute atomic E-state index is 14.4. The summed E-state index contributed by atoms with van der Waals surface area (Å²) in [7, 11) is 0. The minimum atomic E-state index is -0.522. The summed E-state index contributed by atoms with van der Waals surface area (Å²) in [6, 6.07) is 9.50. The Bertz CT molecular complexity index is 1650. The van der Waals surface area contributed by atoms with Crippen LogP contribution in [-0.2, 0) is 16.1 Å². The molecule has 1 aromatic carbocycles. The van der Waals surface area contributed by atoms with Gasteiger partial charge in [-0.3, -0.25) is 4.79 Å². The van der Waals surface area contributed by atoms with Crippen molar-refractivity contribution in [2.24, 2.45) is 50.2 Å². The first-order chi connectivity index (χ1) is 22.1. The summed E-state index contributed by atoms with van der Waals surface area (Å²) in [6.07, 6.45) is 14.3. The summed E-state index contributed by atoms with van der Waals surface area (Å²) in [5.74, 6) is 1.18. The number of aromatic nitrogens is 3. The highest BCUT2D eigenvalue weighted by Crippen LogP contribution is 2.75. The Morgan fingerprint density at radius 2 is 1.74 bits per heavy atom. The Morgan fingerprint density at radius 1 is 1.00 bits per heavy atom. The zero-order chi connectivity index (χ0) is 33.6. The molecule has 7 nitrogen and oxygen atoms in total. The van der Waals surface area contributed by atoms with Gasteiger partial charge in [0.05, 0.1) is 29.0 Å². The average molecular weight is 639 g/mol. The standard InChI is InChI=1S/C40H54N4O3/c1-35(2)18-20-40(34(46)47-25-27-24-44(43-42-27)30-11-9-8-10-26(30)23-41)21-19-38(6)28(29(40)22-35)12-13-32-37(5)16-15-33(45)36(3,4)31(37)14-17-39(32,38)7/h8-12,24,29,31-33,45H,13-22,25H2,1-7H3/t29-,31-,32+,33-,37-,38+,39+,40-/m0/s1. The number of allylic oxidation sites excluding steroid dienone is 2. The van der Waals surface area contributed by atoms with Gasteiger partial charge in [-0.2, -0.15) is 5.26 Å². The van der Waals surface area contributed by atoms with Crippen LogP contribution in [0.4, 0.5) is 0 Å². The van der Waals surface area contributed by atoms with Crippen molar-refractivity contribution in [2.75, 3.05) is 0 Å². The van der Waals surface area contributed by atoms with E-state index in [0.717, 1.165) is 51.4 Å². The van der Waals surface area contributed by atoms with Gasteiger partial charge in [0.1, 0.15) is 18.4 Å². The van der Waals surface area contributed by atoms with E-state index in [2.05, 4.69) is 70.9 Å². The molecule has 252 valence electrons. The minimum absolute atomic E-state index is 0.0306. The quantitative estimate of drug-likeness (QED) is 0.267. The van der Waals surface area contributed by atoms with Gasteiger partial charge in [-0.1, -0.05) is 77.5 Å². The van der Waals surface area contributed by atoms with Crippen LogP contribution in [0.2, 0.25) is 0 Å². The molecule has 0 aliphatic heterocycles. The van der Waals surface area contributed by atoms with Crippen LogP contribution >= 0.6 is 0 Å². The first kappa shape index (κ1) is 32.6. The van der Waals surface area contributed by atoms with Crippen LogP contribution < -0.4 is 0 Å². The number of carbonyl (C=O) groups is 1. The highest BCUT2D eigenvalue weighted by Gasteiger charge is 2.69. The monoisotopic (exact) mass is 638 g/mol. The van der Waals surface area contributed by atoms with Gasteiger partial charge in [-0.15, -0.1) is 5.10 Å². The van der Waals surface area contributed by atoms with Crippen molar-refractivity contribution in [3.05, 3.63) is 53.4 Å². The highest BCUT2D eigenvalue weighted by atomic mass is 16.5. The lowest BCUT2D eigenvalue weighted by molar-refractivity contribution is -0.206. The van der Waals surface area contributed by atoms with Crippen LogP contribution in [0.3, 0.4) is 0 Å². The average Bonchev–Trinajstić information content (AvgIpc) is 3.51. The van der Waals surface area contributed by atoms with E-state index >= 15 is 0 Å². The van der Waals surface area contributed by atoms with Gasteiger partial charge in [-0.25, -0.2) is 4.68 Å². The van der Waals surface area contributed by atoms with E-state index in [-0.39, 0.29) is 51.7 Å². The fourth-order valence-electron chi connectivity index (χ4n) is 12.1. The number of nitrogens with zero attached hydrogens (tertiary/aromatic N) is 4. The molecular weight excluding hydrogens is 584 g/mol. The van der Waals surface area contributed by atoms with Crippen LogP contribution in [0.5, 0.6) is 0 Å². The van der Waals surface area contributed by atoms with Gasteiger partial charge in [0.15, 0.2) is 0 Å². The number of nitriles is 1. The number of fused-ring (bicyclic) bond motifs is 7. The summed E-state index contributed by atoms with van der Waals surface area (Å²) in [5, 5.41) is 29.1. The van der Waals surface area contributed by atoms with Crippen molar-refractivity contribution in [3.8, 4) is 11.8 Å². The molecule has 0 unspecified atom stereocenters. The first-order valence-corrected chi connectivity index (χ1v) is 18.1. The molecule has 4 saturated carbocycles. The van der Waals surface area contributed by atoms with Crippen LogP contribution in [0.15, 0.2) is 42.1 Å². The summed E-state index contributed by atoms with van der Waals surface area (Å²) in [5.41, 5.74) is 3.24. The molecule has 47 heavy (non-hydrogen) atoms. The van der Waals surface area contributed by atoms with Gasteiger partial charge in [0, 0.05) is 0 Å². The molecule has 0 radical (unpaired) electrons. The fourth-order valence-corrected chi connectivity index (χ4v) is 12.1. The number of aliphatic hydroxyl groups is 1. The molecule has 0 amide bonds. The molecule has 7 heteroatoms. The molecule has 2 aromatic rings. The smallest absolute Gasteiger partial charge is 0.313 e. The number of para-hydroxylation sites is 1. The van der Waals surface area contributed by atoms with Crippen LogP contribution in [0.25, 0.3) is 5.69 Å². The zero-order valence-electron chi connectivity index (χ0n) is 29.6. The third-order valence-corrected chi connectivity index (χ3v) is 15.2. The largest absolute Gasteiger partial charge is 0.459 e. The lowest BCUT2D eigenvalue weighted by Gasteiger charge is -2.71. The molecule has 1 heterocycles. The van der Waals surface area contributed by atoms with E-state index in [4.69, 9.17) is 4.74 Å². The number of ether oxygens (including phenoxy) is 1. The predicted molar refractivity (Wildman–Crippen MR) is 181 cm³/mol. The molecule has 7 rings (SSSR count). The Balaban J connectivity index is 1.18. The van der Waals surface area contributed by atoms with Gasteiger partial charge in [-0.05, 0) is 121 Å². The third-order valence-electron chi connectivity index (χ3n) is 15.2. The maximum atomic E-state index is 14.4. The van der Waals surface area contributed by atoms with Gasteiger partial charge < -0.3 is 9.84 Å². The lowest BCUT2D eigenvalue weighted by atomic mass is 9.33. The van der Waals surface area contributed by atoms with Crippen LogP contribution in [-0.4, -0.2) is 32.2 Å². The molecule has 1 aromatic heterocycles. The van der Waals surface area contributed by atoms with Crippen molar-refractivity contribution in [1.82, 2.24) is 15.0 Å². The van der Waals surface area contributed by atoms with Crippen molar-refractivity contribution in [1.29, 1.82) is 5.26 Å². The second-order valence-electron chi connectivity index (χ2n) is 18.1. The normalized spacial score (nSPS) is 40.0. The fraction of sp³-hybridized carbons (Fsp3) is 0.700. The Labute approximate surface area is 281 Å². The van der Waals surface area contributed by atoms with Crippen LogP contribution in [0, 0.1) is 61.6 Å². The van der Waals surface area contributed by atoms with Crippen molar-refractivity contribution in [3.63, 3.8) is 0 Å². The van der Waals surface area contributed by atoms with Gasteiger partial charge >= 0.3 is 5.97 Å². The topological polar surface area (TPSA) is 101 Å². The third kappa shape index (κ3) is 4.63. The molecule has 1 N–H and O–H groups in total. The zero-order valence-corrected chi connectivity index (χ0v) is 29.6. The van der Waals surface area contributed by atoms with E-state index in [1.54, 1.807) is 16.9 Å². The van der Waals surface area contributed by atoms with E-state index in [0.29, 0.717) is 28.8 Å². The number of aliphatic hydroxyl groups excluding tert-OH is 1. The number of benzene rings is 1. The summed E-state index contributed by atoms with van der Waals surface area (Å²) >= 11 is 0. The molecule has 0 saturated heterocycles. The molecular formula is C40H54N4O3. The molecule has 0 spiro atoms. The lowest BCUT2D eigenvalue weighted by Crippen LogP contribution is -2.65. The summed E-state index contributed by atoms with van der Waals surface area (Å²) in [4.78, 5) is 14.4. The highest BCUT2D eigenvalue weighted by molar-refractivity contribution is 5.78. The van der Waals surface area contributed by atoms with Crippen molar-refractivity contribution in [2.45, 2.75) is 125 Å². The molecule has 5 aliphatic carbocycles. The number of hydrogen-bond donors (Lipinski definition) is 1. The van der Waals surface area contributed by atoms with Gasteiger partial charge in [0.2, 0.25) is 0 Å². The van der Waals surface area contributed by atoms with E-state index in [9.17, 15) is 15.2 Å². The predicted octanol–water partition coefficient (Wildman–Crippen LogP) is 8.34. The Hall–Kier alpha value is -2.98. The minimum Gasteiger partial charge on any atom is -0.459 e. The molecule has 0 bridgehead atoms. The maximum Gasteiger partial charge on any atom is 0.313 e. The van der Waals surface area contributed by atoms with E-state index in [1.807, 2.05) is 18.2 Å². The second-order valence-corrected chi connectivity index (χ2v) is 18.1. The van der Waals surface area contributed by atoms with Crippen LogP contribution in [0.1, 0.15) is 124 Å². The first-order valence-electron chi connectivity index (χ1n) is 18.1. The number of esters is 1. The van der Waals surface area contributed by atoms with Crippen molar-refractivity contribution >= 4 is 5.97 Å². The Morgan fingerprint density at radius 3 is 2.51 bits per heavy atom. The summed E-state index contributed by atoms with van der Waals surface area (Å²) in [6.45, 7) is 17.1. The summed E-state index contributed by atoms with van der Waals surface area (Å²) < 4.78 is 7.78. The van der Waals surface area contributed by atoms with Gasteiger partial charge in [0.25, 0.3) is 0 Å². The molecule has 5 aliphatic rings. The van der Waals surface area contributed by atoms with E-state index in [1.165, 1.54) is 18.4 Å². The Kier molecular flexibility index (Phi) is 7.45. The molecule has 8 atom stereocenters.